The summed E-state index contributed by atoms with van der Waals surface area (Å²) < 4.78 is 6.47. The third-order valence-corrected chi connectivity index (χ3v) is 3.97. The number of nitrogens with zero attached hydrogens (tertiary/aromatic N) is 1. The normalized spacial score (nSPS) is 21.1. The molecule has 0 bridgehead atoms. The van der Waals surface area contributed by atoms with Crippen molar-refractivity contribution >= 4 is 21.9 Å². The molecule has 0 amide bonds. The summed E-state index contributed by atoms with van der Waals surface area (Å²) in [6.07, 6.45) is 1.29. The Morgan fingerprint density at radius 3 is 3.05 bits per heavy atom. The zero-order chi connectivity index (χ0) is 13.8. The van der Waals surface area contributed by atoms with Crippen LogP contribution >= 0.6 is 15.9 Å². The van der Waals surface area contributed by atoms with E-state index in [4.69, 9.17) is 9.84 Å². The van der Waals surface area contributed by atoms with E-state index in [1.807, 2.05) is 6.07 Å². The molecule has 1 aliphatic heterocycles. The van der Waals surface area contributed by atoms with Crippen molar-refractivity contribution in [1.29, 1.82) is 0 Å². The second kappa shape index (κ2) is 6.50. The maximum absolute atomic E-state index is 10.9. The summed E-state index contributed by atoms with van der Waals surface area (Å²) in [6.45, 7) is 5.64. The zero-order valence-electron chi connectivity index (χ0n) is 10.9. The van der Waals surface area contributed by atoms with Crippen molar-refractivity contribution in [1.82, 2.24) is 4.90 Å². The summed E-state index contributed by atoms with van der Waals surface area (Å²) in [7, 11) is 0. The second-order valence-electron chi connectivity index (χ2n) is 4.88. The molecule has 0 spiro atoms. The number of halogens is 1. The van der Waals surface area contributed by atoms with Gasteiger partial charge in [-0.1, -0.05) is 22.0 Å². The lowest BCUT2D eigenvalue weighted by Crippen LogP contribution is -2.29. The SMILES string of the molecule is CC1CN(Cc2ccc(C(=O)O)cc2Br)CCCO1. The lowest BCUT2D eigenvalue weighted by atomic mass is 10.1. The van der Waals surface area contributed by atoms with Crippen LogP contribution in [0.5, 0.6) is 0 Å². The Morgan fingerprint density at radius 2 is 2.37 bits per heavy atom. The second-order valence-corrected chi connectivity index (χ2v) is 5.74. The number of rotatable bonds is 3. The van der Waals surface area contributed by atoms with Crippen LogP contribution in [-0.2, 0) is 11.3 Å². The number of carboxylic acids is 1. The summed E-state index contributed by atoms with van der Waals surface area (Å²) in [5, 5.41) is 8.95. The first-order valence-corrected chi connectivity index (χ1v) is 7.21. The van der Waals surface area contributed by atoms with Crippen LogP contribution in [0.25, 0.3) is 0 Å². The molecule has 5 heteroatoms. The molecule has 0 saturated carbocycles. The number of benzene rings is 1. The van der Waals surface area contributed by atoms with Crippen molar-refractivity contribution in [3.8, 4) is 0 Å². The van der Waals surface area contributed by atoms with E-state index in [0.717, 1.165) is 42.7 Å². The van der Waals surface area contributed by atoms with Crippen molar-refractivity contribution in [2.24, 2.45) is 0 Å². The molecule has 1 aromatic carbocycles. The summed E-state index contributed by atoms with van der Waals surface area (Å²) in [5.74, 6) is -0.899. The molecule has 0 aromatic heterocycles. The minimum absolute atomic E-state index is 0.250. The smallest absolute Gasteiger partial charge is 0.335 e. The highest BCUT2D eigenvalue weighted by Gasteiger charge is 2.16. The Labute approximate surface area is 121 Å². The fraction of sp³-hybridized carbons (Fsp3) is 0.500. The number of carboxylic acid groups (broad SMARTS) is 1. The van der Waals surface area contributed by atoms with Crippen molar-refractivity contribution in [3.63, 3.8) is 0 Å². The minimum Gasteiger partial charge on any atom is -0.478 e. The molecule has 0 radical (unpaired) electrons. The highest BCUT2D eigenvalue weighted by atomic mass is 79.9. The topological polar surface area (TPSA) is 49.8 Å². The summed E-state index contributed by atoms with van der Waals surface area (Å²) in [4.78, 5) is 13.2. The molecule has 1 aromatic rings. The average molecular weight is 328 g/mol. The van der Waals surface area contributed by atoms with Gasteiger partial charge in [0.2, 0.25) is 0 Å². The maximum Gasteiger partial charge on any atom is 0.335 e. The molecule has 104 valence electrons. The summed E-state index contributed by atoms with van der Waals surface area (Å²) in [6, 6.07) is 5.19. The van der Waals surface area contributed by atoms with Crippen LogP contribution in [0, 0.1) is 0 Å². The maximum atomic E-state index is 10.9. The fourth-order valence-electron chi connectivity index (χ4n) is 2.27. The van der Waals surface area contributed by atoms with E-state index in [1.165, 1.54) is 0 Å². The lowest BCUT2D eigenvalue weighted by Gasteiger charge is -2.22. The molecule has 1 saturated heterocycles. The molecule has 1 aliphatic rings. The zero-order valence-corrected chi connectivity index (χ0v) is 12.5. The van der Waals surface area contributed by atoms with Crippen LogP contribution in [0.15, 0.2) is 22.7 Å². The number of ether oxygens (including phenoxy) is 1. The van der Waals surface area contributed by atoms with Gasteiger partial charge in [0.15, 0.2) is 0 Å². The van der Waals surface area contributed by atoms with Crippen LogP contribution < -0.4 is 0 Å². The van der Waals surface area contributed by atoms with Gasteiger partial charge in [-0.05, 0) is 31.0 Å². The number of hydrogen-bond donors (Lipinski definition) is 1. The quantitative estimate of drug-likeness (QED) is 0.927. The lowest BCUT2D eigenvalue weighted by molar-refractivity contribution is 0.0667. The molecule has 1 fully saturated rings. The van der Waals surface area contributed by atoms with Gasteiger partial charge < -0.3 is 9.84 Å². The average Bonchev–Trinajstić information content (AvgIpc) is 2.56. The largest absolute Gasteiger partial charge is 0.478 e. The van der Waals surface area contributed by atoms with Crippen LogP contribution in [-0.4, -0.2) is 41.8 Å². The van der Waals surface area contributed by atoms with Gasteiger partial charge in [0.05, 0.1) is 11.7 Å². The Bertz CT molecular complexity index is 464. The predicted octanol–water partition coefficient (Wildman–Crippen LogP) is 2.76. The van der Waals surface area contributed by atoms with E-state index < -0.39 is 5.97 Å². The first kappa shape index (κ1) is 14.5. The van der Waals surface area contributed by atoms with E-state index in [0.29, 0.717) is 5.56 Å². The third kappa shape index (κ3) is 4.03. The van der Waals surface area contributed by atoms with Gasteiger partial charge in [-0.25, -0.2) is 4.79 Å². The Balaban J connectivity index is 2.07. The van der Waals surface area contributed by atoms with Crippen LogP contribution in [0.3, 0.4) is 0 Å². The first-order valence-electron chi connectivity index (χ1n) is 6.42. The molecular formula is C14H18BrNO3. The molecule has 1 N–H and O–H groups in total. The van der Waals surface area contributed by atoms with E-state index in [2.05, 4.69) is 27.8 Å². The molecule has 1 unspecified atom stereocenters. The number of hydrogen-bond acceptors (Lipinski definition) is 3. The van der Waals surface area contributed by atoms with Crippen molar-refractivity contribution in [3.05, 3.63) is 33.8 Å². The Kier molecular flexibility index (Phi) is 4.96. The van der Waals surface area contributed by atoms with Crippen LogP contribution in [0.4, 0.5) is 0 Å². The monoisotopic (exact) mass is 327 g/mol. The molecule has 19 heavy (non-hydrogen) atoms. The van der Waals surface area contributed by atoms with Gasteiger partial charge in [-0.15, -0.1) is 0 Å². The molecule has 1 atom stereocenters. The predicted molar refractivity (Wildman–Crippen MR) is 76.4 cm³/mol. The van der Waals surface area contributed by atoms with E-state index >= 15 is 0 Å². The van der Waals surface area contributed by atoms with Gasteiger partial charge in [0.1, 0.15) is 0 Å². The van der Waals surface area contributed by atoms with E-state index in [1.54, 1.807) is 12.1 Å². The van der Waals surface area contributed by atoms with E-state index in [9.17, 15) is 4.79 Å². The molecular weight excluding hydrogens is 310 g/mol. The van der Waals surface area contributed by atoms with Crippen LogP contribution in [0.2, 0.25) is 0 Å². The molecule has 2 rings (SSSR count). The number of carbonyl (C=O) groups is 1. The molecule has 1 heterocycles. The fourth-order valence-corrected chi connectivity index (χ4v) is 2.78. The number of aromatic carboxylic acids is 1. The van der Waals surface area contributed by atoms with Crippen molar-refractivity contribution in [2.45, 2.75) is 26.0 Å². The van der Waals surface area contributed by atoms with Gasteiger partial charge >= 0.3 is 5.97 Å². The van der Waals surface area contributed by atoms with Crippen LogP contribution in [0.1, 0.15) is 29.3 Å². The van der Waals surface area contributed by atoms with Crippen molar-refractivity contribution in [2.75, 3.05) is 19.7 Å². The summed E-state index contributed by atoms with van der Waals surface area (Å²) >= 11 is 3.46. The van der Waals surface area contributed by atoms with Gasteiger partial charge in [0.25, 0.3) is 0 Å². The van der Waals surface area contributed by atoms with Gasteiger partial charge in [0, 0.05) is 30.7 Å². The minimum atomic E-state index is -0.899. The van der Waals surface area contributed by atoms with Crippen molar-refractivity contribution < 1.29 is 14.6 Å². The standard InChI is InChI=1S/C14H18BrNO3/c1-10-8-16(5-2-6-19-10)9-12-4-3-11(14(17)18)7-13(12)15/h3-4,7,10H,2,5-6,8-9H2,1H3,(H,17,18). The highest BCUT2D eigenvalue weighted by molar-refractivity contribution is 9.10. The Morgan fingerprint density at radius 1 is 1.58 bits per heavy atom. The molecule has 4 nitrogen and oxygen atoms in total. The molecule has 0 aliphatic carbocycles. The first-order chi connectivity index (χ1) is 9.06. The highest BCUT2D eigenvalue weighted by Crippen LogP contribution is 2.21. The Hall–Kier alpha value is -0.910. The van der Waals surface area contributed by atoms with Gasteiger partial charge in [-0.3, -0.25) is 4.90 Å². The third-order valence-electron chi connectivity index (χ3n) is 3.23. The van der Waals surface area contributed by atoms with Gasteiger partial charge in [-0.2, -0.15) is 0 Å². The van der Waals surface area contributed by atoms with E-state index in [-0.39, 0.29) is 6.10 Å². The summed E-state index contributed by atoms with van der Waals surface area (Å²) in [5.41, 5.74) is 1.42.